The van der Waals surface area contributed by atoms with Gasteiger partial charge in [-0.25, -0.2) is 14.4 Å². The maximum Gasteiger partial charge on any atom is 0.340 e. The molecule has 1 aromatic carbocycles. The fourth-order valence-corrected chi connectivity index (χ4v) is 4.21. The first-order valence-corrected chi connectivity index (χ1v) is 11.5. The maximum absolute atomic E-state index is 14.0. The van der Waals surface area contributed by atoms with Crippen LogP contribution in [0.3, 0.4) is 0 Å². The minimum absolute atomic E-state index is 0.106. The summed E-state index contributed by atoms with van der Waals surface area (Å²) in [7, 11) is 4.19. The summed E-state index contributed by atoms with van der Waals surface area (Å²) >= 11 is 0. The lowest BCUT2D eigenvalue weighted by Gasteiger charge is -2.26. The molecule has 2 aromatic rings. The summed E-state index contributed by atoms with van der Waals surface area (Å²) in [4.78, 5) is 67.1. The maximum atomic E-state index is 14.0. The van der Waals surface area contributed by atoms with Gasteiger partial charge in [0.2, 0.25) is 5.43 Å². The van der Waals surface area contributed by atoms with Gasteiger partial charge in [-0.1, -0.05) is 6.07 Å². The fraction of sp³-hybridized carbons (Fsp3) is 0.370. The molecule has 0 radical (unpaired) electrons. The second kappa shape index (κ2) is 10.5. The molecule has 38 heavy (non-hydrogen) atoms. The predicted molar refractivity (Wildman–Crippen MR) is 135 cm³/mol. The molecule has 1 heterocycles. The second-order valence-corrected chi connectivity index (χ2v) is 9.52. The van der Waals surface area contributed by atoms with Crippen LogP contribution in [0.4, 0.5) is 0 Å². The summed E-state index contributed by atoms with van der Waals surface area (Å²) < 4.78 is 25.9. The topological polar surface area (TPSA) is 147 Å². The highest BCUT2D eigenvalue weighted by Crippen LogP contribution is 2.32. The van der Waals surface area contributed by atoms with Crippen LogP contribution in [0.5, 0.6) is 0 Å². The van der Waals surface area contributed by atoms with Crippen molar-refractivity contribution in [2.24, 2.45) is 5.92 Å². The number of aryl methyl sites for hydroxylation is 1. The number of methoxy groups -OCH3 is 4. The average molecular weight is 528 g/mol. The first-order chi connectivity index (χ1) is 17.8. The van der Waals surface area contributed by atoms with Crippen LogP contribution in [0.1, 0.15) is 26.3 Å². The van der Waals surface area contributed by atoms with Gasteiger partial charge in [-0.2, -0.15) is 0 Å². The molecule has 1 atom stereocenters. The first kappa shape index (κ1) is 28.2. The van der Waals surface area contributed by atoms with E-state index in [0.717, 1.165) is 34.0 Å². The lowest BCUT2D eigenvalue weighted by atomic mass is 9.87. The quantitative estimate of drug-likeness (QED) is 0.425. The van der Waals surface area contributed by atoms with E-state index < -0.39 is 57.5 Å². The molecule has 0 saturated heterocycles. The summed E-state index contributed by atoms with van der Waals surface area (Å²) in [6, 6.07) is 4.81. The molecule has 1 unspecified atom stereocenters. The van der Waals surface area contributed by atoms with Crippen LogP contribution < -0.4 is 21.4 Å². The van der Waals surface area contributed by atoms with E-state index in [1.54, 1.807) is 39.8 Å². The molecule has 0 bridgehead atoms. The lowest BCUT2D eigenvalue weighted by molar-refractivity contribution is -0.147. The van der Waals surface area contributed by atoms with Crippen LogP contribution in [-0.4, -0.2) is 57.9 Å². The zero-order chi connectivity index (χ0) is 28.5. The van der Waals surface area contributed by atoms with Crippen LogP contribution in [0.2, 0.25) is 0 Å². The Morgan fingerprint density at radius 1 is 0.868 bits per heavy atom. The molecular formula is C27H29NO10. The Kier molecular flexibility index (Phi) is 7.80. The Labute approximate surface area is 217 Å². The van der Waals surface area contributed by atoms with E-state index in [9.17, 15) is 24.0 Å². The Hall–Kier alpha value is -4.41. The Balaban J connectivity index is 2.90. The number of hydrogen-bond acceptors (Lipinski definition) is 11. The number of carbonyl (C=O) groups is 4. The second-order valence-electron chi connectivity index (χ2n) is 9.52. The number of fused-ring (bicyclic) bond motifs is 2. The van der Waals surface area contributed by atoms with Crippen molar-refractivity contribution in [1.29, 1.82) is 0 Å². The molecule has 0 aliphatic heterocycles. The highest BCUT2D eigenvalue weighted by Gasteiger charge is 2.45. The van der Waals surface area contributed by atoms with Crippen LogP contribution in [-0.2, 0) is 38.1 Å². The molecule has 0 amide bonds. The molecule has 11 heteroatoms. The van der Waals surface area contributed by atoms with Crippen molar-refractivity contribution in [2.75, 3.05) is 28.4 Å². The number of carbonyl (C=O) groups excluding carboxylic acids is 4. The van der Waals surface area contributed by atoms with Crippen molar-refractivity contribution < 1.29 is 42.5 Å². The van der Waals surface area contributed by atoms with Crippen LogP contribution >= 0.6 is 0 Å². The third-order valence-corrected chi connectivity index (χ3v) is 5.78. The largest absolute Gasteiger partial charge is 0.468 e. The van der Waals surface area contributed by atoms with Crippen molar-refractivity contribution in [3.8, 4) is 0 Å². The standard InChI is InChI=1S/C27H29NO10/c1-12-9-10-13-14(11-12)38-22-18(26(33)37-8)16(24(31)35-6)15(23(30)34-5)17(25(32)36-7)20(19(22)21(13)29)28-27(2,3)4/h9-11,16,28H,1-8H3. The Bertz CT molecular complexity index is 1570. The van der Waals surface area contributed by atoms with Gasteiger partial charge in [0.05, 0.1) is 61.5 Å². The van der Waals surface area contributed by atoms with Crippen LogP contribution in [0.25, 0.3) is 22.2 Å². The van der Waals surface area contributed by atoms with Gasteiger partial charge in [0.15, 0.2) is 5.42 Å². The molecule has 1 N–H and O–H groups in total. The van der Waals surface area contributed by atoms with Crippen LogP contribution in [0.15, 0.2) is 38.6 Å². The molecule has 0 spiro atoms. The normalized spacial score (nSPS) is 15.4. The number of nitrogens with one attached hydrogen (secondary N) is 1. The van der Waals surface area contributed by atoms with E-state index in [0.29, 0.717) is 0 Å². The number of ether oxygens (including phenoxy) is 4. The molecule has 202 valence electrons. The molecular weight excluding hydrogens is 498 g/mol. The van der Waals surface area contributed by atoms with Gasteiger partial charge < -0.3 is 28.7 Å². The number of benzene rings is 1. The minimum atomic E-state index is -1.88. The van der Waals surface area contributed by atoms with Crippen molar-refractivity contribution in [3.05, 3.63) is 55.8 Å². The van der Waals surface area contributed by atoms with Gasteiger partial charge in [-0.05, 0) is 45.4 Å². The summed E-state index contributed by atoms with van der Waals surface area (Å²) in [5, 5.41) is 2.93. The van der Waals surface area contributed by atoms with Crippen molar-refractivity contribution >= 4 is 46.1 Å². The molecule has 1 aliphatic carbocycles. The van der Waals surface area contributed by atoms with E-state index in [1.165, 1.54) is 6.07 Å². The first-order valence-electron chi connectivity index (χ1n) is 11.5. The van der Waals surface area contributed by atoms with E-state index in [4.69, 9.17) is 23.4 Å². The number of rotatable bonds is 5. The number of esters is 4. The zero-order valence-electron chi connectivity index (χ0n) is 22.4. The molecule has 1 aliphatic rings. The summed E-state index contributed by atoms with van der Waals surface area (Å²) in [5.74, 6) is -6.30. The monoisotopic (exact) mass is 527 g/mol. The molecule has 0 fully saturated rings. The van der Waals surface area contributed by atoms with E-state index >= 15 is 0 Å². The van der Waals surface area contributed by atoms with E-state index in [2.05, 4.69) is 5.32 Å². The Morgan fingerprint density at radius 2 is 1.45 bits per heavy atom. The molecule has 0 saturated carbocycles. The summed E-state index contributed by atoms with van der Waals surface area (Å²) in [6.45, 7) is 7.00. The van der Waals surface area contributed by atoms with Gasteiger partial charge in [-0.15, -0.1) is 0 Å². The average Bonchev–Trinajstić information content (AvgIpc) is 2.98. The highest BCUT2D eigenvalue weighted by atomic mass is 16.5. The minimum Gasteiger partial charge on any atom is -0.468 e. The summed E-state index contributed by atoms with van der Waals surface area (Å²) in [6.07, 6.45) is 0. The van der Waals surface area contributed by atoms with Crippen LogP contribution in [0, 0.1) is 12.8 Å². The van der Waals surface area contributed by atoms with Gasteiger partial charge in [0, 0.05) is 5.54 Å². The van der Waals surface area contributed by atoms with Crippen molar-refractivity contribution in [2.45, 2.75) is 33.2 Å². The molecule has 3 rings (SSSR count). The third-order valence-electron chi connectivity index (χ3n) is 5.78. The smallest absolute Gasteiger partial charge is 0.340 e. The third kappa shape index (κ3) is 4.91. The van der Waals surface area contributed by atoms with Crippen molar-refractivity contribution in [1.82, 2.24) is 5.32 Å². The lowest BCUT2D eigenvalue weighted by Crippen LogP contribution is -2.49. The predicted octanol–water partition coefficient (Wildman–Crippen LogP) is 0.367. The number of hydrogen-bond donors (Lipinski definition) is 1. The molecule has 1 aromatic heterocycles. The van der Waals surface area contributed by atoms with E-state index in [1.807, 2.05) is 0 Å². The SMILES string of the molecule is COC(=O)C1=C(C(=O)OC)C(C(=O)OC)C(C(=O)OC)=c2oc3cc(C)ccc3c(=O)c2=C1NC(C)(C)C. The summed E-state index contributed by atoms with van der Waals surface area (Å²) in [5.41, 5.74) is -2.76. The molecule has 11 nitrogen and oxygen atoms in total. The Morgan fingerprint density at radius 3 is 1.97 bits per heavy atom. The highest BCUT2D eigenvalue weighted by molar-refractivity contribution is 6.22. The zero-order valence-corrected chi connectivity index (χ0v) is 22.4. The van der Waals surface area contributed by atoms with Gasteiger partial charge in [0.1, 0.15) is 11.5 Å². The van der Waals surface area contributed by atoms with Gasteiger partial charge >= 0.3 is 23.9 Å². The van der Waals surface area contributed by atoms with Gasteiger partial charge in [-0.3, -0.25) is 9.59 Å². The fourth-order valence-electron chi connectivity index (χ4n) is 4.21. The van der Waals surface area contributed by atoms with E-state index in [-0.39, 0.29) is 27.3 Å². The van der Waals surface area contributed by atoms with Crippen molar-refractivity contribution in [3.63, 3.8) is 0 Å². The van der Waals surface area contributed by atoms with Gasteiger partial charge in [0.25, 0.3) is 0 Å².